The lowest BCUT2D eigenvalue weighted by molar-refractivity contribution is -0.119. The van der Waals surface area contributed by atoms with Gasteiger partial charge in [-0.3, -0.25) is 4.79 Å². The summed E-state index contributed by atoms with van der Waals surface area (Å²) in [6, 6.07) is 7.89. The molecule has 1 aromatic rings. The van der Waals surface area contributed by atoms with Crippen molar-refractivity contribution in [3.8, 4) is 0 Å². The molecule has 0 saturated carbocycles. The van der Waals surface area contributed by atoms with Crippen LogP contribution in [0.5, 0.6) is 0 Å². The Kier molecular flexibility index (Phi) is 3.99. The summed E-state index contributed by atoms with van der Waals surface area (Å²) in [7, 11) is 0. The van der Waals surface area contributed by atoms with Crippen molar-refractivity contribution < 1.29 is 4.79 Å². The van der Waals surface area contributed by atoms with Gasteiger partial charge in [0.25, 0.3) is 5.91 Å². The van der Waals surface area contributed by atoms with Gasteiger partial charge in [0.15, 0.2) is 0 Å². The largest absolute Gasteiger partial charge is 0.271 e. The fourth-order valence-electron chi connectivity index (χ4n) is 1.41. The van der Waals surface area contributed by atoms with Crippen LogP contribution in [0.25, 0.3) is 0 Å². The second kappa shape index (κ2) is 5.68. The Bertz CT molecular complexity index is 551. The first-order valence-electron chi connectivity index (χ1n) is 5.31. The fraction of sp³-hybridized carbons (Fsp3) is 0.167. The molecule has 0 radical (unpaired) electrons. The minimum atomic E-state index is -0.510. The van der Waals surface area contributed by atoms with E-state index in [0.717, 1.165) is 11.1 Å². The minimum absolute atomic E-state index is 0.248. The number of alkyl halides is 1. The maximum absolute atomic E-state index is 11.3. The Hall–Kier alpha value is -1.82. The van der Waals surface area contributed by atoms with Crippen molar-refractivity contribution in [2.45, 2.75) is 11.8 Å². The van der Waals surface area contributed by atoms with Crippen molar-refractivity contribution in [2.24, 2.45) is 15.3 Å². The number of nitrogens with zero attached hydrogens (tertiary/aromatic N) is 3. The third-order valence-electron chi connectivity index (χ3n) is 2.28. The van der Waals surface area contributed by atoms with Crippen LogP contribution in [0.2, 0.25) is 0 Å². The molecule has 1 aliphatic heterocycles. The number of aryl methyl sites for hydroxylation is 1. The van der Waals surface area contributed by atoms with E-state index in [1.165, 1.54) is 6.21 Å². The van der Waals surface area contributed by atoms with Gasteiger partial charge in [-0.25, -0.2) is 5.43 Å². The highest BCUT2D eigenvalue weighted by Gasteiger charge is 2.23. The first kappa shape index (κ1) is 12.6. The molecule has 0 aliphatic carbocycles. The number of hydrazone groups is 1. The third kappa shape index (κ3) is 3.10. The smallest absolute Gasteiger partial charge is 0.260 e. The average molecular weight is 307 g/mol. The summed E-state index contributed by atoms with van der Waals surface area (Å²) in [5.74, 6) is -0.248. The number of carbonyl (C=O) groups is 1. The third-order valence-corrected chi connectivity index (χ3v) is 3.17. The fourth-order valence-corrected chi connectivity index (χ4v) is 1.72. The molecule has 1 atom stereocenters. The van der Waals surface area contributed by atoms with Crippen LogP contribution in [0.3, 0.4) is 0 Å². The zero-order valence-corrected chi connectivity index (χ0v) is 11.3. The minimum Gasteiger partial charge on any atom is -0.271 e. The normalized spacial score (nSPS) is 21.6. The molecule has 0 spiro atoms. The number of carbonyl (C=O) groups excluding carboxylic acids is 1. The van der Waals surface area contributed by atoms with Crippen LogP contribution in [0, 0.1) is 6.92 Å². The molecule has 0 aromatic heterocycles. The number of rotatable bonds is 2. The van der Waals surface area contributed by atoms with Crippen LogP contribution in [-0.4, -0.2) is 28.9 Å². The Morgan fingerprint density at radius 3 is 3.11 bits per heavy atom. The molecule has 5 nitrogen and oxygen atoms in total. The summed E-state index contributed by atoms with van der Waals surface area (Å²) in [4.78, 5) is 10.8. The molecule has 1 unspecified atom stereocenters. The van der Waals surface area contributed by atoms with E-state index in [-0.39, 0.29) is 5.91 Å². The predicted octanol–water partition coefficient (Wildman–Crippen LogP) is 1.65. The number of amides is 1. The van der Waals surface area contributed by atoms with E-state index >= 15 is 0 Å². The molecular weight excluding hydrogens is 296 g/mol. The first-order chi connectivity index (χ1) is 8.66. The van der Waals surface area contributed by atoms with Gasteiger partial charge in [-0.2, -0.15) is 15.3 Å². The monoisotopic (exact) mass is 306 g/mol. The van der Waals surface area contributed by atoms with Crippen molar-refractivity contribution in [1.82, 2.24) is 5.43 Å². The van der Waals surface area contributed by atoms with Gasteiger partial charge in [-0.05, 0) is 12.5 Å². The van der Waals surface area contributed by atoms with E-state index in [2.05, 4.69) is 36.7 Å². The molecule has 1 N–H and O–H groups in total. The molecule has 18 heavy (non-hydrogen) atoms. The average Bonchev–Trinajstić information content (AvgIpc) is 2.35. The van der Waals surface area contributed by atoms with E-state index in [1.807, 2.05) is 31.2 Å². The van der Waals surface area contributed by atoms with E-state index in [0.29, 0.717) is 5.71 Å². The lowest BCUT2D eigenvalue weighted by Gasteiger charge is -2.10. The van der Waals surface area contributed by atoms with Crippen LogP contribution < -0.4 is 5.43 Å². The van der Waals surface area contributed by atoms with Crippen LogP contribution >= 0.6 is 15.9 Å². The van der Waals surface area contributed by atoms with Crippen molar-refractivity contribution in [3.63, 3.8) is 0 Å². The molecule has 6 heteroatoms. The molecule has 0 bridgehead atoms. The standard InChI is InChI=1S/C12H11BrN4O/c1-8-3-2-4-9(5-8)6-14-16-10-7-15-17-12(18)11(10)13/h2-7,11H,1H3,(H,17,18)/b14-6-,16-10-. The summed E-state index contributed by atoms with van der Waals surface area (Å²) in [5, 5.41) is 11.6. The number of hydrogen-bond acceptors (Lipinski definition) is 4. The van der Waals surface area contributed by atoms with Gasteiger partial charge in [-0.15, -0.1) is 0 Å². The summed E-state index contributed by atoms with van der Waals surface area (Å²) in [6.07, 6.45) is 3.11. The van der Waals surface area contributed by atoms with Gasteiger partial charge in [0.05, 0.1) is 12.4 Å². The first-order valence-corrected chi connectivity index (χ1v) is 6.23. The van der Waals surface area contributed by atoms with E-state index in [1.54, 1.807) is 6.21 Å². The number of halogens is 1. The zero-order valence-electron chi connectivity index (χ0n) is 9.67. The molecule has 1 aliphatic rings. The number of hydrogen-bond donors (Lipinski definition) is 1. The molecule has 1 heterocycles. The Balaban J connectivity index is 2.13. The summed E-state index contributed by atoms with van der Waals surface area (Å²) >= 11 is 3.21. The van der Waals surface area contributed by atoms with Gasteiger partial charge >= 0.3 is 0 Å². The molecule has 0 fully saturated rings. The number of nitrogens with one attached hydrogen (secondary N) is 1. The predicted molar refractivity (Wildman–Crippen MR) is 75.6 cm³/mol. The van der Waals surface area contributed by atoms with Crippen LogP contribution in [-0.2, 0) is 4.79 Å². The topological polar surface area (TPSA) is 66.2 Å². The molecular formula is C12H11BrN4O. The molecule has 1 aromatic carbocycles. The summed E-state index contributed by atoms with van der Waals surface area (Å²) in [6.45, 7) is 2.01. The van der Waals surface area contributed by atoms with Crippen LogP contribution in [0.15, 0.2) is 39.6 Å². The van der Waals surface area contributed by atoms with E-state index < -0.39 is 4.83 Å². The van der Waals surface area contributed by atoms with Crippen molar-refractivity contribution in [2.75, 3.05) is 0 Å². The van der Waals surface area contributed by atoms with Gasteiger partial charge in [-0.1, -0.05) is 45.8 Å². The van der Waals surface area contributed by atoms with Gasteiger partial charge < -0.3 is 0 Å². The highest BCUT2D eigenvalue weighted by molar-refractivity contribution is 9.10. The van der Waals surface area contributed by atoms with Gasteiger partial charge in [0, 0.05) is 0 Å². The van der Waals surface area contributed by atoms with Crippen LogP contribution in [0.1, 0.15) is 11.1 Å². The second-order valence-electron chi connectivity index (χ2n) is 3.78. The summed E-state index contributed by atoms with van der Waals surface area (Å²) in [5.41, 5.74) is 4.92. The van der Waals surface area contributed by atoms with E-state index in [9.17, 15) is 4.79 Å². The maximum Gasteiger partial charge on any atom is 0.260 e. The molecule has 2 rings (SSSR count). The summed E-state index contributed by atoms with van der Waals surface area (Å²) < 4.78 is 0. The Morgan fingerprint density at radius 1 is 1.50 bits per heavy atom. The zero-order chi connectivity index (χ0) is 13.0. The van der Waals surface area contributed by atoms with E-state index in [4.69, 9.17) is 0 Å². The molecule has 92 valence electrons. The van der Waals surface area contributed by atoms with Crippen molar-refractivity contribution >= 4 is 40.0 Å². The lowest BCUT2D eigenvalue weighted by Crippen LogP contribution is -2.38. The molecule has 1 amide bonds. The van der Waals surface area contributed by atoms with Gasteiger partial charge in [0.1, 0.15) is 10.5 Å². The Labute approximate surface area is 113 Å². The Morgan fingerprint density at radius 2 is 2.33 bits per heavy atom. The quantitative estimate of drug-likeness (QED) is 0.504. The van der Waals surface area contributed by atoms with Crippen molar-refractivity contribution in [1.29, 1.82) is 0 Å². The maximum atomic E-state index is 11.3. The number of benzene rings is 1. The van der Waals surface area contributed by atoms with Gasteiger partial charge in [0.2, 0.25) is 0 Å². The van der Waals surface area contributed by atoms with Crippen LogP contribution in [0.4, 0.5) is 0 Å². The second-order valence-corrected chi connectivity index (χ2v) is 4.70. The van der Waals surface area contributed by atoms with Crippen molar-refractivity contribution in [3.05, 3.63) is 35.4 Å². The lowest BCUT2D eigenvalue weighted by atomic mass is 10.2. The molecule has 0 saturated heterocycles. The highest BCUT2D eigenvalue weighted by Crippen LogP contribution is 2.06. The highest BCUT2D eigenvalue weighted by atomic mass is 79.9. The SMILES string of the molecule is Cc1cccc(/C=N\N=C2\C=NNC(=O)C2Br)c1.